The Kier molecular flexibility index (Phi) is 3.32. The van der Waals surface area contributed by atoms with Crippen molar-refractivity contribution < 1.29 is 4.79 Å². The van der Waals surface area contributed by atoms with Crippen LogP contribution in [-0.4, -0.2) is 39.5 Å². The molecule has 1 aliphatic rings. The van der Waals surface area contributed by atoms with Crippen LogP contribution in [0.1, 0.15) is 12.6 Å². The summed E-state index contributed by atoms with van der Waals surface area (Å²) in [5.74, 6) is 5.40. The van der Waals surface area contributed by atoms with Gasteiger partial charge in [-0.2, -0.15) is 0 Å². The summed E-state index contributed by atoms with van der Waals surface area (Å²) < 4.78 is 3.82. The van der Waals surface area contributed by atoms with Gasteiger partial charge in [-0.15, -0.1) is 5.10 Å². The molecule has 1 aromatic rings. The van der Waals surface area contributed by atoms with Crippen LogP contribution in [-0.2, 0) is 11.3 Å². The van der Waals surface area contributed by atoms with E-state index in [9.17, 15) is 4.79 Å². The van der Waals surface area contributed by atoms with Gasteiger partial charge in [0.2, 0.25) is 5.91 Å². The maximum absolute atomic E-state index is 11.5. The summed E-state index contributed by atoms with van der Waals surface area (Å²) in [5.41, 5.74) is 3.34. The number of carbonyl (C=O) groups excluding carboxylic acids is 1. The molecule has 1 saturated heterocycles. The van der Waals surface area contributed by atoms with Gasteiger partial charge in [0.25, 0.3) is 0 Å². The van der Waals surface area contributed by atoms with Crippen LogP contribution in [0, 0.1) is 0 Å². The Morgan fingerprint density at radius 3 is 3.31 bits per heavy atom. The van der Waals surface area contributed by atoms with Crippen LogP contribution in [0.3, 0.4) is 0 Å². The molecule has 0 radical (unpaired) electrons. The number of anilines is 1. The molecule has 1 amide bonds. The highest BCUT2D eigenvalue weighted by Gasteiger charge is 2.26. The van der Waals surface area contributed by atoms with Crippen molar-refractivity contribution in [2.24, 2.45) is 5.84 Å². The number of piperazine rings is 1. The lowest BCUT2D eigenvalue weighted by Crippen LogP contribution is -2.53. The molecule has 0 aromatic carbocycles. The number of hydrazine groups is 1. The quantitative estimate of drug-likeness (QED) is 0.472. The minimum absolute atomic E-state index is 0.0525. The minimum atomic E-state index is -0.138. The van der Waals surface area contributed by atoms with Gasteiger partial charge in [-0.25, -0.2) is 5.84 Å². The minimum Gasteiger partial charge on any atom is -0.353 e. The topological polar surface area (TPSA) is 96.2 Å². The number of nitrogens with two attached hydrogens (primary N) is 1. The van der Waals surface area contributed by atoms with Crippen LogP contribution in [0.2, 0.25) is 0 Å². The number of amides is 1. The average molecular weight is 242 g/mol. The molecule has 1 aliphatic heterocycles. The zero-order valence-corrected chi connectivity index (χ0v) is 9.75. The number of carbonyl (C=O) groups is 1. The average Bonchev–Trinajstić information content (AvgIpc) is 2.72. The lowest BCUT2D eigenvalue weighted by atomic mass is 10.2. The maximum atomic E-state index is 11.5. The third kappa shape index (κ3) is 2.13. The summed E-state index contributed by atoms with van der Waals surface area (Å²) in [5, 5.41) is 7.56. The lowest BCUT2D eigenvalue weighted by Gasteiger charge is -2.32. The first-order chi connectivity index (χ1) is 7.72. The number of hydrogen-bond donors (Lipinski definition) is 3. The highest BCUT2D eigenvalue weighted by atomic mass is 32.1. The van der Waals surface area contributed by atoms with Gasteiger partial charge in [-0.05, 0) is 6.92 Å². The molecule has 0 spiro atoms. The first kappa shape index (κ1) is 11.2. The van der Waals surface area contributed by atoms with E-state index < -0.39 is 0 Å². The van der Waals surface area contributed by atoms with Crippen LogP contribution in [0.4, 0.5) is 5.00 Å². The van der Waals surface area contributed by atoms with Crippen molar-refractivity contribution in [3.8, 4) is 0 Å². The monoisotopic (exact) mass is 242 g/mol. The summed E-state index contributed by atoms with van der Waals surface area (Å²) in [4.78, 5) is 13.5. The van der Waals surface area contributed by atoms with E-state index in [1.807, 2.05) is 6.92 Å². The van der Waals surface area contributed by atoms with Crippen molar-refractivity contribution in [2.75, 3.05) is 18.5 Å². The second kappa shape index (κ2) is 4.73. The van der Waals surface area contributed by atoms with Gasteiger partial charge >= 0.3 is 0 Å². The predicted molar refractivity (Wildman–Crippen MR) is 60.6 cm³/mol. The molecule has 2 heterocycles. The fourth-order valence-electron chi connectivity index (χ4n) is 1.66. The van der Waals surface area contributed by atoms with Gasteiger partial charge < -0.3 is 10.7 Å². The number of nitrogens with zero attached hydrogens (tertiary/aromatic N) is 3. The van der Waals surface area contributed by atoms with E-state index in [1.165, 1.54) is 11.5 Å². The van der Waals surface area contributed by atoms with E-state index in [4.69, 9.17) is 5.84 Å². The molecule has 0 aliphatic carbocycles. The van der Waals surface area contributed by atoms with E-state index >= 15 is 0 Å². The van der Waals surface area contributed by atoms with Gasteiger partial charge in [0.1, 0.15) is 10.7 Å². The molecule has 2 rings (SSSR count). The first-order valence-corrected chi connectivity index (χ1v) is 5.79. The summed E-state index contributed by atoms with van der Waals surface area (Å²) in [7, 11) is 0. The van der Waals surface area contributed by atoms with Crippen LogP contribution in [0.5, 0.6) is 0 Å². The molecule has 1 atom stereocenters. The fraction of sp³-hybridized carbons (Fsp3) is 0.625. The fourth-order valence-corrected chi connectivity index (χ4v) is 2.14. The Morgan fingerprint density at radius 2 is 2.56 bits per heavy atom. The van der Waals surface area contributed by atoms with Crippen LogP contribution < -0.4 is 16.6 Å². The molecule has 1 fully saturated rings. The third-order valence-corrected chi connectivity index (χ3v) is 3.36. The first-order valence-electron chi connectivity index (χ1n) is 5.02. The number of nitrogens with one attached hydrogen (secondary N) is 2. The molecule has 8 heteroatoms. The van der Waals surface area contributed by atoms with Gasteiger partial charge in [0.15, 0.2) is 0 Å². The standard InChI is InChI=1S/C8H14N6OS/c1-5-7(15)10-2-3-14(5)4-6-8(11-9)16-13-12-6/h5,11H,2-4,9H2,1H3,(H,10,15). The summed E-state index contributed by atoms with van der Waals surface area (Å²) >= 11 is 1.22. The molecule has 0 bridgehead atoms. The zero-order valence-electron chi connectivity index (χ0n) is 8.93. The number of nitrogen functional groups attached to an aromatic ring is 1. The predicted octanol–water partition coefficient (Wildman–Crippen LogP) is -0.856. The lowest BCUT2D eigenvalue weighted by molar-refractivity contribution is -0.128. The molecule has 0 saturated carbocycles. The van der Waals surface area contributed by atoms with Crippen LogP contribution >= 0.6 is 11.5 Å². The van der Waals surface area contributed by atoms with Crippen molar-refractivity contribution in [3.05, 3.63) is 5.69 Å². The number of aromatic nitrogens is 2. The van der Waals surface area contributed by atoms with E-state index in [0.29, 0.717) is 13.1 Å². The summed E-state index contributed by atoms with van der Waals surface area (Å²) in [6.07, 6.45) is 0. The third-order valence-electron chi connectivity index (χ3n) is 2.67. The Hall–Kier alpha value is -1.25. The smallest absolute Gasteiger partial charge is 0.237 e. The van der Waals surface area contributed by atoms with E-state index in [-0.39, 0.29) is 11.9 Å². The largest absolute Gasteiger partial charge is 0.353 e. The highest BCUT2D eigenvalue weighted by Crippen LogP contribution is 2.19. The van der Waals surface area contributed by atoms with Crippen molar-refractivity contribution >= 4 is 22.4 Å². The van der Waals surface area contributed by atoms with Crippen molar-refractivity contribution in [1.82, 2.24) is 19.8 Å². The molecule has 16 heavy (non-hydrogen) atoms. The molecular weight excluding hydrogens is 228 g/mol. The summed E-state index contributed by atoms with van der Waals surface area (Å²) in [6, 6.07) is -0.138. The van der Waals surface area contributed by atoms with Gasteiger partial charge in [0, 0.05) is 31.2 Å². The van der Waals surface area contributed by atoms with E-state index in [2.05, 4.69) is 25.2 Å². The molecule has 1 unspecified atom stereocenters. The van der Waals surface area contributed by atoms with Crippen molar-refractivity contribution in [2.45, 2.75) is 19.5 Å². The Balaban J connectivity index is 2.06. The Labute approximate surface area is 97.1 Å². The van der Waals surface area contributed by atoms with Gasteiger partial charge in [-0.3, -0.25) is 9.69 Å². The Bertz CT molecular complexity index is 380. The highest BCUT2D eigenvalue weighted by molar-refractivity contribution is 7.10. The number of hydrogen-bond acceptors (Lipinski definition) is 7. The van der Waals surface area contributed by atoms with Gasteiger partial charge in [-0.1, -0.05) is 4.49 Å². The van der Waals surface area contributed by atoms with Gasteiger partial charge in [0.05, 0.1) is 6.04 Å². The molecular formula is C8H14N6OS. The van der Waals surface area contributed by atoms with Crippen LogP contribution in [0.25, 0.3) is 0 Å². The van der Waals surface area contributed by atoms with Crippen molar-refractivity contribution in [1.29, 1.82) is 0 Å². The molecule has 7 nitrogen and oxygen atoms in total. The molecule has 88 valence electrons. The maximum Gasteiger partial charge on any atom is 0.237 e. The second-order valence-corrected chi connectivity index (χ2v) is 4.38. The SMILES string of the molecule is CC1C(=O)NCCN1Cc1nnsc1NN. The Morgan fingerprint density at radius 1 is 1.75 bits per heavy atom. The molecule has 4 N–H and O–H groups in total. The van der Waals surface area contributed by atoms with Crippen molar-refractivity contribution in [3.63, 3.8) is 0 Å². The molecule has 1 aromatic heterocycles. The van der Waals surface area contributed by atoms with E-state index in [1.54, 1.807) is 0 Å². The summed E-state index contributed by atoms with van der Waals surface area (Å²) in [6.45, 7) is 3.95. The normalized spacial score (nSPS) is 21.9. The van der Waals surface area contributed by atoms with Crippen LogP contribution in [0.15, 0.2) is 0 Å². The second-order valence-electron chi connectivity index (χ2n) is 3.63. The number of rotatable bonds is 3. The van der Waals surface area contributed by atoms with E-state index in [0.717, 1.165) is 17.2 Å². The zero-order chi connectivity index (χ0) is 11.5.